The van der Waals surface area contributed by atoms with Gasteiger partial charge < -0.3 is 43.7 Å². The topological polar surface area (TPSA) is 153 Å². The van der Waals surface area contributed by atoms with Crippen LogP contribution in [0.5, 0.6) is 0 Å². The number of methoxy groups -OCH3 is 4. The summed E-state index contributed by atoms with van der Waals surface area (Å²) in [6, 6.07) is 8.18. The quantitative estimate of drug-likeness (QED) is 0.323. The lowest BCUT2D eigenvalue weighted by molar-refractivity contribution is -0.322. The van der Waals surface area contributed by atoms with Crippen LogP contribution in [0.4, 0.5) is 0 Å². The number of aliphatic hydroxyl groups is 3. The van der Waals surface area contributed by atoms with Crippen molar-refractivity contribution >= 4 is 11.9 Å². The molecule has 1 aromatic carbocycles. The number of hydrogen-bond donors (Lipinski definition) is 3. The summed E-state index contributed by atoms with van der Waals surface area (Å²) in [5.74, 6) is -3.65. The van der Waals surface area contributed by atoms with Crippen molar-refractivity contribution in [3.05, 3.63) is 35.9 Å². The standard InChI is InChI=1S/C34H47NO11/c1-7-35-15-31(16-41-3)20(37)13-21(42-4)33-19-14-32(40)28(45-30(39)18-11-9-8-10-12-18)22(19)34(46-17(2)36,27(38)29(32)44-6)23(26(33)35)24(43-5)25(31)33/h8-12,19-29,37-38,40H,7,13-16H2,1-6H3/t19-,20-,21+,22?,23+,24-,25-,26-,27-,28-,29-,31-,32-,33-,34+/m1/s1. The second-order valence-corrected chi connectivity index (χ2v) is 14.4. The smallest absolute Gasteiger partial charge is 0.338 e. The van der Waals surface area contributed by atoms with Gasteiger partial charge in [-0.2, -0.15) is 0 Å². The Morgan fingerprint density at radius 1 is 1.00 bits per heavy atom. The summed E-state index contributed by atoms with van der Waals surface area (Å²) in [6.07, 6.45) is -5.49. The van der Waals surface area contributed by atoms with E-state index < -0.39 is 88.3 Å². The molecule has 1 spiro atoms. The average Bonchev–Trinajstić information content (AvgIpc) is 3.41. The Morgan fingerprint density at radius 3 is 2.30 bits per heavy atom. The Morgan fingerprint density at radius 2 is 1.72 bits per heavy atom. The van der Waals surface area contributed by atoms with Gasteiger partial charge in [-0.05, 0) is 31.0 Å². The molecule has 5 saturated carbocycles. The van der Waals surface area contributed by atoms with Gasteiger partial charge in [-0.25, -0.2) is 4.79 Å². The molecule has 6 aliphatic rings. The predicted molar refractivity (Wildman–Crippen MR) is 160 cm³/mol. The molecule has 46 heavy (non-hydrogen) atoms. The van der Waals surface area contributed by atoms with Gasteiger partial charge >= 0.3 is 11.9 Å². The summed E-state index contributed by atoms with van der Waals surface area (Å²) in [7, 11) is 6.27. The van der Waals surface area contributed by atoms with Crippen LogP contribution in [0.25, 0.3) is 0 Å². The number of aliphatic hydroxyl groups excluding tert-OH is 2. The highest BCUT2D eigenvalue weighted by Gasteiger charge is 2.92. The first-order valence-electron chi connectivity index (χ1n) is 16.3. The number of rotatable bonds is 9. The molecular formula is C34H47NO11. The maximum absolute atomic E-state index is 13.8. The summed E-state index contributed by atoms with van der Waals surface area (Å²) >= 11 is 0. The van der Waals surface area contributed by atoms with Gasteiger partial charge in [0.1, 0.15) is 23.9 Å². The van der Waals surface area contributed by atoms with Crippen LogP contribution in [0.2, 0.25) is 0 Å². The van der Waals surface area contributed by atoms with Crippen molar-refractivity contribution in [2.75, 3.05) is 48.1 Å². The van der Waals surface area contributed by atoms with Gasteiger partial charge in [0.2, 0.25) is 0 Å². The van der Waals surface area contributed by atoms with Gasteiger partial charge in [0, 0.05) is 83.0 Å². The molecular weight excluding hydrogens is 598 g/mol. The van der Waals surface area contributed by atoms with Crippen LogP contribution in [0.15, 0.2) is 30.3 Å². The molecule has 1 heterocycles. The average molecular weight is 646 g/mol. The highest BCUT2D eigenvalue weighted by atomic mass is 16.6. The summed E-state index contributed by atoms with van der Waals surface area (Å²) < 4.78 is 37.4. The minimum Gasteiger partial charge on any atom is -0.455 e. The number of piperidine rings is 1. The number of carbonyl (C=O) groups is 2. The third-order valence-electron chi connectivity index (χ3n) is 13.2. The van der Waals surface area contributed by atoms with Crippen LogP contribution >= 0.6 is 0 Å². The Balaban J connectivity index is 1.53. The number of ether oxygens (including phenoxy) is 6. The molecule has 12 heteroatoms. The third kappa shape index (κ3) is 3.62. The molecule has 254 valence electrons. The van der Waals surface area contributed by atoms with Crippen molar-refractivity contribution in [2.24, 2.45) is 34.5 Å². The number of carbonyl (C=O) groups excluding carboxylic acids is 2. The number of likely N-dealkylation sites (tertiary alicyclic amines) is 1. The SMILES string of the molecule is CCN1C[C@@]2(COC)[C@H](O)C[C@H](OC)[C@]34[C@@H]5C[C@@]6(O)[C@H](OC(=O)c7ccccc7)C5[C@](OC(C)=O)([C@@H]([C@@H](OC)[C@H]23)[C@@H]14)[C@H](O)[C@H]6OC. The van der Waals surface area contributed by atoms with Crippen LogP contribution in [0, 0.1) is 34.5 Å². The normalized spacial score (nSPS) is 49.9. The predicted octanol–water partition coefficient (Wildman–Crippen LogP) is 0.648. The maximum Gasteiger partial charge on any atom is 0.338 e. The summed E-state index contributed by atoms with van der Waals surface area (Å²) in [6.45, 7) is 4.68. The van der Waals surface area contributed by atoms with E-state index in [1.807, 2.05) is 6.92 Å². The Bertz CT molecular complexity index is 1360. The van der Waals surface area contributed by atoms with Crippen molar-refractivity contribution in [2.45, 2.75) is 80.6 Å². The van der Waals surface area contributed by atoms with E-state index in [0.717, 1.165) is 0 Å². The molecule has 5 aliphatic carbocycles. The highest BCUT2D eigenvalue weighted by Crippen LogP contribution is 2.80. The zero-order valence-corrected chi connectivity index (χ0v) is 27.3. The Hall–Kier alpha value is -2.16. The molecule has 3 N–H and O–H groups in total. The van der Waals surface area contributed by atoms with Gasteiger partial charge in [0.05, 0.1) is 30.5 Å². The van der Waals surface area contributed by atoms with E-state index in [0.29, 0.717) is 25.1 Å². The first-order chi connectivity index (χ1) is 22.0. The maximum atomic E-state index is 13.8. The molecule has 1 aromatic rings. The zero-order chi connectivity index (χ0) is 33.0. The van der Waals surface area contributed by atoms with Crippen molar-refractivity contribution in [1.29, 1.82) is 0 Å². The third-order valence-corrected chi connectivity index (χ3v) is 13.2. The van der Waals surface area contributed by atoms with Gasteiger partial charge in [0.15, 0.2) is 5.60 Å². The molecule has 1 aliphatic heterocycles. The lowest BCUT2D eigenvalue weighted by Crippen LogP contribution is -2.81. The van der Waals surface area contributed by atoms with E-state index in [1.54, 1.807) is 51.7 Å². The zero-order valence-electron chi connectivity index (χ0n) is 27.3. The fourth-order valence-corrected chi connectivity index (χ4v) is 12.3. The van der Waals surface area contributed by atoms with Crippen LogP contribution in [0.1, 0.15) is 37.0 Å². The minimum atomic E-state index is -1.83. The highest BCUT2D eigenvalue weighted by molar-refractivity contribution is 5.89. The van der Waals surface area contributed by atoms with Crippen LogP contribution < -0.4 is 0 Å². The second-order valence-electron chi connectivity index (χ2n) is 14.4. The molecule has 12 nitrogen and oxygen atoms in total. The summed E-state index contributed by atoms with van der Waals surface area (Å²) in [5.41, 5.74) is -4.79. The van der Waals surface area contributed by atoms with Gasteiger partial charge in [-0.15, -0.1) is 0 Å². The van der Waals surface area contributed by atoms with Crippen molar-refractivity contribution in [3.8, 4) is 0 Å². The number of fused-ring (bicyclic) bond motifs is 2. The van der Waals surface area contributed by atoms with E-state index in [1.165, 1.54) is 14.0 Å². The van der Waals surface area contributed by atoms with E-state index in [9.17, 15) is 24.9 Å². The number of nitrogens with zero attached hydrogens (tertiary/aromatic N) is 1. The molecule has 7 rings (SSSR count). The van der Waals surface area contributed by atoms with E-state index in [-0.39, 0.29) is 25.0 Å². The molecule has 1 unspecified atom stereocenters. The minimum absolute atomic E-state index is 0.0791. The fraction of sp³-hybridized carbons (Fsp3) is 0.765. The van der Waals surface area contributed by atoms with Gasteiger partial charge in [-0.3, -0.25) is 9.69 Å². The molecule has 1 saturated heterocycles. The van der Waals surface area contributed by atoms with Gasteiger partial charge in [-0.1, -0.05) is 25.1 Å². The largest absolute Gasteiger partial charge is 0.455 e. The van der Waals surface area contributed by atoms with E-state index >= 15 is 0 Å². The first-order valence-corrected chi connectivity index (χ1v) is 16.3. The summed E-state index contributed by atoms with van der Waals surface area (Å²) in [5, 5.41) is 37.3. The summed E-state index contributed by atoms with van der Waals surface area (Å²) in [4.78, 5) is 29.3. The van der Waals surface area contributed by atoms with Crippen molar-refractivity contribution in [1.82, 2.24) is 4.90 Å². The fourth-order valence-electron chi connectivity index (χ4n) is 12.3. The van der Waals surface area contributed by atoms with E-state index in [2.05, 4.69) is 4.90 Å². The lowest BCUT2D eigenvalue weighted by atomic mass is 9.42. The molecule has 7 bridgehead atoms. The number of benzene rings is 1. The van der Waals surface area contributed by atoms with Crippen LogP contribution in [-0.4, -0.2) is 134 Å². The van der Waals surface area contributed by atoms with E-state index in [4.69, 9.17) is 28.4 Å². The second kappa shape index (κ2) is 10.9. The monoisotopic (exact) mass is 645 g/mol. The van der Waals surface area contributed by atoms with Gasteiger partial charge in [0.25, 0.3) is 0 Å². The lowest BCUT2D eigenvalue weighted by Gasteiger charge is -2.70. The Labute approximate surface area is 269 Å². The van der Waals surface area contributed by atoms with Crippen LogP contribution in [-0.2, 0) is 33.2 Å². The molecule has 6 fully saturated rings. The molecule has 0 amide bonds. The van der Waals surface area contributed by atoms with Crippen molar-refractivity contribution < 1.29 is 53.3 Å². The first kappa shape index (κ1) is 32.4. The molecule has 15 atom stereocenters. The number of esters is 2. The molecule has 0 aromatic heterocycles. The Kier molecular flexibility index (Phi) is 7.69. The van der Waals surface area contributed by atoms with Crippen molar-refractivity contribution in [3.63, 3.8) is 0 Å². The number of hydrogen-bond acceptors (Lipinski definition) is 12. The van der Waals surface area contributed by atoms with Crippen LogP contribution in [0.3, 0.4) is 0 Å². The molecule has 0 radical (unpaired) electrons.